The van der Waals surface area contributed by atoms with Gasteiger partial charge in [0.15, 0.2) is 0 Å². The molecule has 0 aromatic heterocycles. The lowest BCUT2D eigenvalue weighted by Crippen LogP contribution is -2.45. The molecule has 1 saturated heterocycles. The molecule has 1 unspecified atom stereocenters. The normalized spacial score (nSPS) is 18.8. The Kier molecular flexibility index (Phi) is 13.0. The van der Waals surface area contributed by atoms with Crippen molar-refractivity contribution in [3.05, 3.63) is 42.1 Å². The number of ketones is 2. The molecule has 1 aromatic rings. The van der Waals surface area contributed by atoms with Crippen LogP contribution in [0.15, 0.2) is 41.5 Å². The molecule has 0 aliphatic carbocycles. The molecular weight excluding hydrogens is 611 g/mol. The lowest BCUT2D eigenvalue weighted by molar-refractivity contribution is -0.193. The van der Waals surface area contributed by atoms with E-state index in [1.807, 2.05) is 12.4 Å². The van der Waals surface area contributed by atoms with Gasteiger partial charge in [-0.3, -0.25) is 24.3 Å². The summed E-state index contributed by atoms with van der Waals surface area (Å²) in [6, 6.07) is 5.52. The molecule has 2 aliphatic rings. The maximum Gasteiger partial charge on any atom is 0.458 e. The Morgan fingerprint density at radius 2 is 1.45 bits per heavy atom. The fraction of sp³-hybridized carbons (Fsp3) is 0.571. The molecule has 2 aliphatic heterocycles. The fourth-order valence-electron chi connectivity index (χ4n) is 4.52. The van der Waals surface area contributed by atoms with Crippen LogP contribution in [0.25, 0.3) is 0 Å². The fourth-order valence-corrected chi connectivity index (χ4v) is 4.52. The van der Waals surface area contributed by atoms with Crippen LogP contribution in [0.4, 0.5) is 45.2 Å². The second-order valence-corrected chi connectivity index (χ2v) is 10.6. The molecule has 0 radical (unpaired) electrons. The number of Topliss-reactive ketones (excluding diaryl/α,β-unsaturated/α-hetero) is 2. The van der Waals surface area contributed by atoms with Gasteiger partial charge in [-0.25, -0.2) is 0 Å². The highest BCUT2D eigenvalue weighted by Crippen LogP contribution is 2.30. The van der Waals surface area contributed by atoms with E-state index in [2.05, 4.69) is 40.4 Å². The molecular formula is C28H33F9N4O3. The van der Waals surface area contributed by atoms with Crippen LogP contribution in [0.5, 0.6) is 0 Å². The minimum absolute atomic E-state index is 0.0351. The van der Waals surface area contributed by atoms with Crippen molar-refractivity contribution < 1.29 is 53.9 Å². The zero-order valence-corrected chi connectivity index (χ0v) is 23.8. The monoisotopic (exact) mass is 644 g/mol. The molecule has 1 fully saturated rings. The number of nitrogens with zero attached hydrogens (tertiary/aromatic N) is 2. The summed E-state index contributed by atoms with van der Waals surface area (Å²) in [6.07, 6.45) is -6.64. The third-order valence-electron chi connectivity index (χ3n) is 7.06. The summed E-state index contributed by atoms with van der Waals surface area (Å²) in [6.45, 7) is 6.47. The number of amides is 1. The first-order valence-electron chi connectivity index (χ1n) is 13.7. The lowest BCUT2D eigenvalue weighted by Gasteiger charge is -2.36. The van der Waals surface area contributed by atoms with Gasteiger partial charge in [0.05, 0.1) is 5.56 Å². The van der Waals surface area contributed by atoms with E-state index in [9.17, 15) is 53.9 Å². The Labute approximate surface area is 247 Å². The van der Waals surface area contributed by atoms with E-state index in [-0.39, 0.29) is 23.8 Å². The number of carbonyl (C=O) groups excluding carboxylic acids is 3. The van der Waals surface area contributed by atoms with Gasteiger partial charge >= 0.3 is 30.1 Å². The minimum Gasteiger partial charge on any atom is -0.382 e. The van der Waals surface area contributed by atoms with Crippen molar-refractivity contribution in [2.24, 2.45) is 16.8 Å². The minimum atomic E-state index is -5.77. The Balaban J connectivity index is 0.000000477. The van der Waals surface area contributed by atoms with Crippen LogP contribution in [-0.2, 0) is 20.6 Å². The van der Waals surface area contributed by atoms with Crippen LogP contribution in [0, 0.1) is 11.8 Å². The number of alkyl halides is 9. The summed E-state index contributed by atoms with van der Waals surface area (Å²) in [5.41, 5.74) is -0.00713. The molecule has 16 heteroatoms. The number of aliphatic imine (C=N–C) groups is 1. The van der Waals surface area contributed by atoms with Crippen molar-refractivity contribution in [1.29, 1.82) is 0 Å². The molecule has 7 nitrogen and oxygen atoms in total. The third-order valence-corrected chi connectivity index (χ3v) is 7.06. The van der Waals surface area contributed by atoms with Crippen LogP contribution < -0.4 is 10.6 Å². The maximum absolute atomic E-state index is 12.8. The van der Waals surface area contributed by atoms with Gasteiger partial charge in [0.25, 0.3) is 0 Å². The van der Waals surface area contributed by atoms with E-state index in [0.717, 1.165) is 44.5 Å². The van der Waals surface area contributed by atoms with E-state index >= 15 is 0 Å². The van der Waals surface area contributed by atoms with Gasteiger partial charge < -0.3 is 10.6 Å². The third kappa shape index (κ3) is 11.6. The average molecular weight is 645 g/mol. The van der Waals surface area contributed by atoms with Crippen molar-refractivity contribution in [2.45, 2.75) is 70.1 Å². The smallest absolute Gasteiger partial charge is 0.382 e. The summed E-state index contributed by atoms with van der Waals surface area (Å²) < 4.78 is 105. The van der Waals surface area contributed by atoms with Gasteiger partial charge in [-0.05, 0) is 68.6 Å². The molecule has 0 saturated carbocycles. The number of halogens is 9. The van der Waals surface area contributed by atoms with Crippen LogP contribution >= 0.6 is 0 Å². The lowest BCUT2D eigenvalue weighted by atomic mass is 9.94. The number of nitrogens with one attached hydrogen (secondary N) is 2. The van der Waals surface area contributed by atoms with Crippen molar-refractivity contribution in [2.75, 3.05) is 25.0 Å². The second-order valence-electron chi connectivity index (χ2n) is 10.6. The van der Waals surface area contributed by atoms with Crippen molar-refractivity contribution in [1.82, 2.24) is 10.2 Å². The Hall–Kier alpha value is -3.43. The molecule has 2 N–H and O–H groups in total. The summed E-state index contributed by atoms with van der Waals surface area (Å²) in [5.74, 6) is -6.41. The molecule has 1 amide bonds. The molecule has 2 heterocycles. The SMILES string of the molecule is CC(C)[C@H](CCNC(=O)C1CCN(C2C=CN=CC2)CC1)Nc1ccc(C(F)(F)F)cc1.O=C(C(=O)C(F)(F)F)C(F)(F)F. The molecule has 1 aromatic carbocycles. The van der Waals surface area contributed by atoms with E-state index in [1.165, 1.54) is 12.1 Å². The number of hydrogen-bond donors (Lipinski definition) is 2. The Bertz CT molecular complexity index is 1140. The topological polar surface area (TPSA) is 90.9 Å². The number of benzene rings is 1. The summed E-state index contributed by atoms with van der Waals surface area (Å²) in [7, 11) is 0. The summed E-state index contributed by atoms with van der Waals surface area (Å²) >= 11 is 0. The Morgan fingerprint density at radius 3 is 1.89 bits per heavy atom. The first kappa shape index (κ1) is 36.8. The second kappa shape index (κ2) is 15.5. The molecule has 2 atom stereocenters. The summed E-state index contributed by atoms with van der Waals surface area (Å²) in [4.78, 5) is 38.4. The standard InChI is InChI=1S/C24H33F3N4O.C4F6O2/c1-17(2)22(30-20-5-3-19(4-6-20)24(25,26)27)9-14-29-23(32)18-10-15-31(16-11-18)21-7-12-28-13-8-21;5-3(6,7)1(11)2(12)4(8,9)10/h3-7,12-13,17-18,21-22,30H,8-11,14-16H2,1-2H3,(H,29,32);/t21?,22-;/m0./s1. The zero-order valence-electron chi connectivity index (χ0n) is 23.8. The van der Waals surface area contributed by atoms with Crippen molar-refractivity contribution in [3.63, 3.8) is 0 Å². The predicted octanol–water partition coefficient (Wildman–Crippen LogP) is 5.97. The number of carbonyl (C=O) groups is 3. The van der Waals surface area contributed by atoms with Gasteiger partial charge in [0.2, 0.25) is 5.91 Å². The van der Waals surface area contributed by atoms with Gasteiger partial charge in [0.1, 0.15) is 0 Å². The zero-order chi connectivity index (χ0) is 33.3. The largest absolute Gasteiger partial charge is 0.458 e. The molecule has 0 bridgehead atoms. The van der Waals surface area contributed by atoms with Gasteiger partial charge in [-0.1, -0.05) is 13.8 Å². The average Bonchev–Trinajstić information content (AvgIpc) is 2.95. The van der Waals surface area contributed by atoms with Crippen LogP contribution in [0.3, 0.4) is 0 Å². The molecule has 44 heavy (non-hydrogen) atoms. The molecule has 0 spiro atoms. The van der Waals surface area contributed by atoms with E-state index < -0.39 is 35.7 Å². The van der Waals surface area contributed by atoms with Crippen LogP contribution in [-0.4, -0.2) is 72.7 Å². The number of likely N-dealkylation sites (tertiary alicyclic amines) is 1. The highest BCUT2D eigenvalue weighted by atomic mass is 19.4. The van der Waals surface area contributed by atoms with Crippen molar-refractivity contribution in [3.8, 4) is 0 Å². The molecule has 3 rings (SSSR count). The van der Waals surface area contributed by atoms with Crippen molar-refractivity contribution >= 4 is 29.4 Å². The molecule has 246 valence electrons. The first-order valence-corrected chi connectivity index (χ1v) is 13.7. The van der Waals surface area contributed by atoms with Gasteiger partial charge in [-0.2, -0.15) is 39.5 Å². The first-order chi connectivity index (χ1) is 20.3. The van der Waals surface area contributed by atoms with Crippen LogP contribution in [0.2, 0.25) is 0 Å². The van der Waals surface area contributed by atoms with E-state index in [0.29, 0.717) is 24.7 Å². The number of piperidine rings is 1. The predicted molar refractivity (Wildman–Crippen MR) is 144 cm³/mol. The highest BCUT2D eigenvalue weighted by molar-refractivity contribution is 6.41. The maximum atomic E-state index is 12.8. The quantitative estimate of drug-likeness (QED) is 0.256. The van der Waals surface area contributed by atoms with E-state index in [1.54, 1.807) is 0 Å². The number of rotatable bonds is 9. The van der Waals surface area contributed by atoms with Crippen LogP contribution in [0.1, 0.15) is 45.1 Å². The Morgan fingerprint density at radius 1 is 0.909 bits per heavy atom. The summed E-state index contributed by atoms with van der Waals surface area (Å²) in [5, 5.41) is 6.38. The van der Waals surface area contributed by atoms with Gasteiger partial charge in [0, 0.05) is 49.1 Å². The van der Waals surface area contributed by atoms with E-state index in [4.69, 9.17) is 0 Å². The highest BCUT2D eigenvalue weighted by Gasteiger charge is 2.54. The van der Waals surface area contributed by atoms with Gasteiger partial charge in [-0.15, -0.1) is 0 Å². The number of anilines is 1. The number of hydrogen-bond acceptors (Lipinski definition) is 6.